The molecular weight excluding hydrogens is 931 g/mol. The van der Waals surface area contributed by atoms with Crippen LogP contribution in [0.3, 0.4) is 0 Å². The predicted molar refractivity (Wildman–Crippen MR) is 290 cm³/mol. The Bertz CT molecular complexity index is 1450. The first kappa shape index (κ1) is 66.8. The van der Waals surface area contributed by atoms with Crippen molar-refractivity contribution in [3.05, 3.63) is 60.8 Å². The zero-order valence-electron chi connectivity index (χ0n) is 45.4. The fourth-order valence-electron chi connectivity index (χ4n) is 9.32. The third-order valence-electron chi connectivity index (χ3n) is 14.0. The lowest BCUT2D eigenvalue weighted by molar-refractivity contribution is -0.359. The number of hydrogen-bond acceptors (Lipinski definition) is 13. The molecule has 73 heavy (non-hydrogen) atoms. The summed E-state index contributed by atoms with van der Waals surface area (Å²) in [5.41, 5.74) is 0. The van der Waals surface area contributed by atoms with Crippen LogP contribution in [0.2, 0.25) is 0 Å². The van der Waals surface area contributed by atoms with Gasteiger partial charge >= 0.3 is 0 Å². The van der Waals surface area contributed by atoms with Gasteiger partial charge in [-0.2, -0.15) is 0 Å². The summed E-state index contributed by atoms with van der Waals surface area (Å²) >= 11 is 0. The Labute approximate surface area is 441 Å². The highest BCUT2D eigenvalue weighted by Gasteiger charge is 2.51. The smallest absolute Gasteiger partial charge is 0.220 e. The summed E-state index contributed by atoms with van der Waals surface area (Å²) in [7, 11) is 0. The molecule has 0 saturated carbocycles. The number of carbonyl (C=O) groups excluding carboxylic acids is 1. The summed E-state index contributed by atoms with van der Waals surface area (Å²) in [5.74, 6) is -0.212. The molecule has 424 valence electrons. The first-order chi connectivity index (χ1) is 35.6. The van der Waals surface area contributed by atoms with Crippen molar-refractivity contribution in [2.24, 2.45) is 0 Å². The molecule has 0 aromatic rings. The molecule has 0 radical (unpaired) electrons. The first-order valence-electron chi connectivity index (χ1n) is 29.0. The monoisotopic (exact) mass is 1040 g/mol. The quantitative estimate of drug-likeness (QED) is 0.0205. The second-order valence-electron chi connectivity index (χ2n) is 20.4. The molecule has 0 aromatic carbocycles. The molecule has 12 atom stereocenters. The van der Waals surface area contributed by atoms with Gasteiger partial charge in [0.25, 0.3) is 0 Å². The molecule has 14 nitrogen and oxygen atoms in total. The van der Waals surface area contributed by atoms with Crippen LogP contribution in [0, 0.1) is 0 Å². The molecule has 2 aliphatic heterocycles. The van der Waals surface area contributed by atoms with Crippen LogP contribution in [0.25, 0.3) is 0 Å². The van der Waals surface area contributed by atoms with Crippen LogP contribution in [0.15, 0.2) is 60.8 Å². The summed E-state index contributed by atoms with van der Waals surface area (Å²) in [6.45, 7) is 2.72. The minimum atomic E-state index is -1.78. The number of allylic oxidation sites excluding steroid dienone is 10. The van der Waals surface area contributed by atoms with E-state index in [4.69, 9.17) is 18.9 Å². The van der Waals surface area contributed by atoms with Crippen LogP contribution >= 0.6 is 0 Å². The number of nitrogens with one attached hydrogen (secondary N) is 1. The second kappa shape index (κ2) is 44.8. The zero-order valence-corrected chi connectivity index (χ0v) is 45.4. The number of amides is 1. The van der Waals surface area contributed by atoms with Crippen LogP contribution in [-0.4, -0.2) is 140 Å². The average Bonchev–Trinajstić information content (AvgIpc) is 3.39. The minimum Gasteiger partial charge on any atom is -0.394 e. The number of carbonyl (C=O) groups is 1. The number of ether oxygens (including phenoxy) is 4. The van der Waals surface area contributed by atoms with Crippen LogP contribution in [0.4, 0.5) is 0 Å². The van der Waals surface area contributed by atoms with E-state index in [1.807, 2.05) is 0 Å². The van der Waals surface area contributed by atoms with E-state index in [0.29, 0.717) is 12.8 Å². The van der Waals surface area contributed by atoms with E-state index in [9.17, 15) is 45.6 Å². The lowest BCUT2D eigenvalue weighted by Crippen LogP contribution is -2.65. The van der Waals surface area contributed by atoms with E-state index in [0.717, 1.165) is 83.5 Å². The zero-order chi connectivity index (χ0) is 53.2. The van der Waals surface area contributed by atoms with Crippen molar-refractivity contribution in [1.29, 1.82) is 0 Å². The maximum absolute atomic E-state index is 13.2. The van der Waals surface area contributed by atoms with Crippen molar-refractivity contribution in [2.75, 3.05) is 19.8 Å². The Balaban J connectivity index is 1.66. The van der Waals surface area contributed by atoms with Crippen LogP contribution in [-0.2, 0) is 23.7 Å². The summed E-state index contributed by atoms with van der Waals surface area (Å²) in [4.78, 5) is 13.2. The molecule has 2 heterocycles. The molecule has 2 aliphatic rings. The van der Waals surface area contributed by atoms with Gasteiger partial charge in [-0.3, -0.25) is 4.79 Å². The van der Waals surface area contributed by atoms with Crippen molar-refractivity contribution in [3.63, 3.8) is 0 Å². The Morgan fingerprint density at radius 1 is 0.507 bits per heavy atom. The van der Waals surface area contributed by atoms with Gasteiger partial charge in [-0.05, 0) is 57.8 Å². The minimum absolute atomic E-state index is 0.212. The van der Waals surface area contributed by atoms with Crippen molar-refractivity contribution in [2.45, 2.75) is 286 Å². The predicted octanol–water partition coefficient (Wildman–Crippen LogP) is 9.39. The molecule has 0 bridgehead atoms. The maximum Gasteiger partial charge on any atom is 0.220 e. The van der Waals surface area contributed by atoms with Gasteiger partial charge in [-0.25, -0.2) is 0 Å². The Morgan fingerprint density at radius 3 is 1.45 bits per heavy atom. The van der Waals surface area contributed by atoms with Gasteiger partial charge < -0.3 is 65.1 Å². The Morgan fingerprint density at radius 2 is 0.945 bits per heavy atom. The van der Waals surface area contributed by atoms with Crippen LogP contribution in [0.5, 0.6) is 0 Å². The van der Waals surface area contributed by atoms with E-state index in [1.54, 1.807) is 0 Å². The number of aliphatic hydroxyl groups excluding tert-OH is 8. The fraction of sp³-hybridized carbons (Fsp3) is 0.814. The number of hydrogen-bond donors (Lipinski definition) is 9. The number of aliphatic hydroxyl groups is 8. The van der Waals surface area contributed by atoms with Gasteiger partial charge in [-0.15, -0.1) is 0 Å². The highest BCUT2D eigenvalue weighted by atomic mass is 16.7. The molecule has 0 aliphatic carbocycles. The fourth-order valence-corrected chi connectivity index (χ4v) is 9.32. The lowest BCUT2D eigenvalue weighted by Gasteiger charge is -2.46. The molecule has 0 spiro atoms. The lowest BCUT2D eigenvalue weighted by atomic mass is 9.97. The van der Waals surface area contributed by atoms with Gasteiger partial charge in [0, 0.05) is 6.42 Å². The van der Waals surface area contributed by atoms with Gasteiger partial charge in [0.1, 0.15) is 48.8 Å². The highest BCUT2D eigenvalue weighted by Crippen LogP contribution is 2.30. The summed E-state index contributed by atoms with van der Waals surface area (Å²) in [6.07, 6.45) is 39.5. The number of rotatable bonds is 45. The van der Waals surface area contributed by atoms with Crippen LogP contribution < -0.4 is 5.32 Å². The Kier molecular flexibility index (Phi) is 41.0. The van der Waals surface area contributed by atoms with Crippen molar-refractivity contribution in [1.82, 2.24) is 5.32 Å². The second-order valence-corrected chi connectivity index (χ2v) is 20.4. The Hall–Kier alpha value is -2.31. The normalized spacial score (nSPS) is 25.8. The average molecular weight is 1040 g/mol. The topological polar surface area (TPSA) is 228 Å². The largest absolute Gasteiger partial charge is 0.394 e. The summed E-state index contributed by atoms with van der Waals surface area (Å²) in [6, 6.07) is -0.829. The molecule has 9 N–H and O–H groups in total. The van der Waals surface area contributed by atoms with E-state index >= 15 is 0 Å². The molecule has 14 heteroatoms. The standard InChI is InChI=1S/C59H105NO13/c1-3-5-7-9-11-13-15-16-17-18-19-20-21-22-23-24-25-26-27-28-29-30-31-32-33-35-37-39-41-43-51(64)60-47(48(63)42-40-38-36-34-14-12-10-8-6-4-2)46-70-58-56(69)54(67)57(50(45-62)72-58)73-59-55(68)53(66)52(65)49(44-61)71-59/h5,7,11,13,16-17,19-20,22-23,47-50,52-59,61-63,65-69H,3-4,6,8-10,12,14-15,18,21,24-46H2,1-2H3,(H,60,64)/b7-5-,13-11-,17-16-,20-19-,23-22-. The van der Waals surface area contributed by atoms with Crippen LogP contribution in [0.1, 0.15) is 213 Å². The van der Waals surface area contributed by atoms with Gasteiger partial charge in [0.15, 0.2) is 12.6 Å². The van der Waals surface area contributed by atoms with E-state index in [2.05, 4.69) is 79.9 Å². The summed E-state index contributed by atoms with van der Waals surface area (Å²) in [5, 5.41) is 87.0. The SMILES string of the molecule is CC/C=C\C/C=C\C/C=C\C/C=C\C/C=C\CCCCCCCCCCCCCCCC(=O)NC(COC1OC(CO)C(OC2OC(CO)C(O)C(O)C2O)C(O)C1O)C(O)CCCCCCCCCCCC. The molecule has 2 saturated heterocycles. The maximum atomic E-state index is 13.2. The van der Waals surface area contributed by atoms with Gasteiger partial charge in [-0.1, -0.05) is 209 Å². The third kappa shape index (κ3) is 30.9. The molecule has 2 rings (SSSR count). The molecular formula is C59H105NO13. The van der Waals surface area contributed by atoms with E-state index in [-0.39, 0.29) is 12.5 Å². The van der Waals surface area contributed by atoms with Gasteiger partial charge in [0.05, 0.1) is 32.0 Å². The molecule has 1 amide bonds. The van der Waals surface area contributed by atoms with Crippen molar-refractivity contribution < 1.29 is 64.6 Å². The number of unbranched alkanes of at least 4 members (excludes halogenated alkanes) is 22. The summed E-state index contributed by atoms with van der Waals surface area (Å²) < 4.78 is 22.8. The van der Waals surface area contributed by atoms with E-state index < -0.39 is 86.8 Å². The molecule has 2 fully saturated rings. The molecule has 0 aromatic heterocycles. The van der Waals surface area contributed by atoms with Gasteiger partial charge in [0.2, 0.25) is 5.91 Å². The highest BCUT2D eigenvalue weighted by molar-refractivity contribution is 5.76. The van der Waals surface area contributed by atoms with E-state index in [1.165, 1.54) is 103 Å². The molecule has 12 unspecified atom stereocenters. The third-order valence-corrected chi connectivity index (χ3v) is 14.0. The first-order valence-corrected chi connectivity index (χ1v) is 29.0. The van der Waals surface area contributed by atoms with Crippen molar-refractivity contribution >= 4 is 5.91 Å². The van der Waals surface area contributed by atoms with Crippen molar-refractivity contribution in [3.8, 4) is 0 Å².